The van der Waals surface area contributed by atoms with Crippen molar-refractivity contribution in [1.29, 1.82) is 0 Å². The van der Waals surface area contributed by atoms with Gasteiger partial charge in [-0.05, 0) is 26.1 Å². The highest BCUT2D eigenvalue weighted by atomic mass is 32.1. The van der Waals surface area contributed by atoms with Gasteiger partial charge in [-0.3, -0.25) is 0 Å². The lowest BCUT2D eigenvalue weighted by Gasteiger charge is -1.90. The van der Waals surface area contributed by atoms with Crippen LogP contribution in [0.1, 0.15) is 9.75 Å². The SMILES string of the molecule is CNCc1ccc(C)s1. The van der Waals surface area contributed by atoms with Gasteiger partial charge in [-0.2, -0.15) is 0 Å². The van der Waals surface area contributed by atoms with Crippen LogP contribution in [0.2, 0.25) is 0 Å². The highest BCUT2D eigenvalue weighted by Crippen LogP contribution is 2.13. The van der Waals surface area contributed by atoms with Crippen LogP contribution < -0.4 is 5.32 Å². The molecule has 0 atom stereocenters. The Balaban J connectivity index is 2.61. The number of hydrogen-bond donors (Lipinski definition) is 1. The molecule has 0 saturated heterocycles. The van der Waals surface area contributed by atoms with Crippen molar-refractivity contribution in [3.8, 4) is 0 Å². The summed E-state index contributed by atoms with van der Waals surface area (Å²) in [6, 6.07) is 4.31. The molecule has 0 fully saturated rings. The fourth-order valence-electron chi connectivity index (χ4n) is 0.754. The van der Waals surface area contributed by atoms with Crippen molar-refractivity contribution in [2.24, 2.45) is 0 Å². The molecule has 0 spiro atoms. The molecule has 9 heavy (non-hydrogen) atoms. The van der Waals surface area contributed by atoms with Crippen molar-refractivity contribution in [2.45, 2.75) is 13.5 Å². The fourth-order valence-corrected chi connectivity index (χ4v) is 1.66. The average Bonchev–Trinajstić information content (AvgIpc) is 2.17. The topological polar surface area (TPSA) is 12.0 Å². The highest BCUT2D eigenvalue weighted by molar-refractivity contribution is 7.11. The Morgan fingerprint density at radius 2 is 2.33 bits per heavy atom. The van der Waals surface area contributed by atoms with Crippen LogP contribution in [0.4, 0.5) is 0 Å². The second-order valence-electron chi connectivity index (χ2n) is 2.04. The van der Waals surface area contributed by atoms with Crippen molar-refractivity contribution in [3.05, 3.63) is 21.9 Å². The molecule has 0 aliphatic carbocycles. The Hall–Kier alpha value is -0.340. The van der Waals surface area contributed by atoms with E-state index in [1.165, 1.54) is 9.75 Å². The molecule has 1 heterocycles. The zero-order valence-electron chi connectivity index (χ0n) is 5.77. The van der Waals surface area contributed by atoms with Crippen LogP contribution in [-0.2, 0) is 6.54 Å². The zero-order valence-corrected chi connectivity index (χ0v) is 6.59. The Kier molecular flexibility index (Phi) is 2.25. The smallest absolute Gasteiger partial charge is 0.0296 e. The van der Waals surface area contributed by atoms with E-state index in [0.717, 1.165) is 6.54 Å². The standard InChI is InChI=1S/C7H11NS/c1-6-3-4-7(9-6)5-8-2/h3-4,8H,5H2,1-2H3. The summed E-state index contributed by atoms with van der Waals surface area (Å²) < 4.78 is 0. The third-order valence-electron chi connectivity index (χ3n) is 1.15. The predicted octanol–water partition coefficient (Wildman–Crippen LogP) is 1.78. The Bertz CT molecular complexity index is 181. The van der Waals surface area contributed by atoms with E-state index in [9.17, 15) is 0 Å². The number of aryl methyl sites for hydroxylation is 1. The minimum atomic E-state index is 0.999. The van der Waals surface area contributed by atoms with Gasteiger partial charge in [0.2, 0.25) is 0 Å². The summed E-state index contributed by atoms with van der Waals surface area (Å²) in [4.78, 5) is 2.80. The molecular weight excluding hydrogens is 130 g/mol. The molecule has 0 aliphatic heterocycles. The number of rotatable bonds is 2. The first kappa shape index (κ1) is 6.78. The molecule has 0 aromatic carbocycles. The Labute approximate surface area is 59.7 Å². The summed E-state index contributed by atoms with van der Waals surface area (Å²) in [5.41, 5.74) is 0. The molecular formula is C7H11NS. The van der Waals surface area contributed by atoms with E-state index >= 15 is 0 Å². The van der Waals surface area contributed by atoms with E-state index in [1.54, 1.807) is 0 Å². The molecule has 1 aromatic rings. The molecule has 0 radical (unpaired) electrons. The van der Waals surface area contributed by atoms with Gasteiger partial charge in [-0.15, -0.1) is 11.3 Å². The van der Waals surface area contributed by atoms with Crippen LogP contribution in [0, 0.1) is 6.92 Å². The summed E-state index contributed by atoms with van der Waals surface area (Å²) in [7, 11) is 1.97. The predicted molar refractivity (Wildman–Crippen MR) is 41.8 cm³/mol. The van der Waals surface area contributed by atoms with Gasteiger partial charge in [0.15, 0.2) is 0 Å². The summed E-state index contributed by atoms with van der Waals surface area (Å²) in [6.45, 7) is 3.13. The van der Waals surface area contributed by atoms with Gasteiger partial charge in [-0.25, -0.2) is 0 Å². The quantitative estimate of drug-likeness (QED) is 0.662. The summed E-state index contributed by atoms with van der Waals surface area (Å²) in [5, 5.41) is 3.11. The van der Waals surface area contributed by atoms with Crippen molar-refractivity contribution < 1.29 is 0 Å². The van der Waals surface area contributed by atoms with Crippen LogP contribution in [0.15, 0.2) is 12.1 Å². The van der Waals surface area contributed by atoms with E-state index in [-0.39, 0.29) is 0 Å². The molecule has 0 bridgehead atoms. The van der Waals surface area contributed by atoms with Crippen molar-refractivity contribution in [2.75, 3.05) is 7.05 Å². The first-order valence-corrected chi connectivity index (χ1v) is 3.84. The molecule has 1 N–H and O–H groups in total. The van der Waals surface area contributed by atoms with Crippen molar-refractivity contribution >= 4 is 11.3 Å². The van der Waals surface area contributed by atoms with Gasteiger partial charge < -0.3 is 5.32 Å². The highest BCUT2D eigenvalue weighted by Gasteiger charge is 1.91. The van der Waals surface area contributed by atoms with Gasteiger partial charge in [-0.1, -0.05) is 0 Å². The lowest BCUT2D eigenvalue weighted by Crippen LogP contribution is -2.02. The van der Waals surface area contributed by atoms with E-state index in [0.29, 0.717) is 0 Å². The van der Waals surface area contributed by atoms with Gasteiger partial charge in [0, 0.05) is 16.3 Å². The molecule has 0 unspecified atom stereocenters. The number of hydrogen-bond acceptors (Lipinski definition) is 2. The van der Waals surface area contributed by atoms with Crippen molar-refractivity contribution in [1.82, 2.24) is 5.32 Å². The third-order valence-corrected chi connectivity index (χ3v) is 2.15. The lowest BCUT2D eigenvalue weighted by atomic mass is 10.4. The van der Waals surface area contributed by atoms with Gasteiger partial charge in [0.1, 0.15) is 0 Å². The second kappa shape index (κ2) is 2.99. The molecule has 0 aliphatic rings. The zero-order chi connectivity index (χ0) is 6.69. The maximum absolute atomic E-state index is 3.11. The van der Waals surface area contributed by atoms with E-state index < -0.39 is 0 Å². The molecule has 1 aromatic heterocycles. The monoisotopic (exact) mass is 141 g/mol. The third kappa shape index (κ3) is 1.80. The van der Waals surface area contributed by atoms with E-state index in [1.807, 2.05) is 18.4 Å². The molecule has 1 rings (SSSR count). The summed E-state index contributed by atoms with van der Waals surface area (Å²) >= 11 is 1.85. The lowest BCUT2D eigenvalue weighted by molar-refractivity contribution is 0.831. The van der Waals surface area contributed by atoms with Crippen LogP contribution in [0.25, 0.3) is 0 Å². The first-order chi connectivity index (χ1) is 4.33. The maximum Gasteiger partial charge on any atom is 0.0296 e. The van der Waals surface area contributed by atoms with Crippen LogP contribution >= 0.6 is 11.3 Å². The average molecular weight is 141 g/mol. The molecule has 1 nitrogen and oxygen atoms in total. The van der Waals surface area contributed by atoms with Gasteiger partial charge >= 0.3 is 0 Å². The van der Waals surface area contributed by atoms with Crippen LogP contribution in [-0.4, -0.2) is 7.05 Å². The number of thiophene rings is 1. The largest absolute Gasteiger partial charge is 0.315 e. The minimum Gasteiger partial charge on any atom is -0.315 e. The Morgan fingerprint density at radius 3 is 2.78 bits per heavy atom. The molecule has 0 amide bonds. The van der Waals surface area contributed by atoms with Gasteiger partial charge in [0.25, 0.3) is 0 Å². The van der Waals surface area contributed by atoms with Gasteiger partial charge in [0.05, 0.1) is 0 Å². The summed E-state index contributed by atoms with van der Waals surface area (Å²) in [6.07, 6.45) is 0. The van der Waals surface area contributed by atoms with Crippen molar-refractivity contribution in [3.63, 3.8) is 0 Å². The minimum absolute atomic E-state index is 0.999. The Morgan fingerprint density at radius 1 is 1.56 bits per heavy atom. The molecule has 50 valence electrons. The van der Waals surface area contributed by atoms with E-state index in [2.05, 4.69) is 24.4 Å². The second-order valence-corrected chi connectivity index (χ2v) is 3.42. The molecule has 2 heteroatoms. The summed E-state index contributed by atoms with van der Waals surface area (Å²) in [5.74, 6) is 0. The first-order valence-electron chi connectivity index (χ1n) is 3.03. The molecule has 0 saturated carbocycles. The van der Waals surface area contributed by atoms with Crippen LogP contribution in [0.5, 0.6) is 0 Å². The number of nitrogens with one attached hydrogen (secondary N) is 1. The maximum atomic E-state index is 3.11. The van der Waals surface area contributed by atoms with Crippen LogP contribution in [0.3, 0.4) is 0 Å². The van der Waals surface area contributed by atoms with E-state index in [4.69, 9.17) is 0 Å². The normalized spacial score (nSPS) is 10.0. The fraction of sp³-hybridized carbons (Fsp3) is 0.429.